The Kier molecular flexibility index (Phi) is 6.37. The van der Waals surface area contributed by atoms with Gasteiger partial charge in [-0.15, -0.1) is 10.2 Å². The lowest BCUT2D eigenvalue weighted by Crippen LogP contribution is -2.49. The van der Waals surface area contributed by atoms with Gasteiger partial charge in [-0.3, -0.25) is 9.36 Å². The molecule has 4 heterocycles. The van der Waals surface area contributed by atoms with Crippen LogP contribution in [0.2, 0.25) is 0 Å². The van der Waals surface area contributed by atoms with Crippen LogP contribution in [-0.4, -0.2) is 62.5 Å². The van der Waals surface area contributed by atoms with Crippen molar-refractivity contribution >= 4 is 23.5 Å². The summed E-state index contributed by atoms with van der Waals surface area (Å²) in [5.41, 5.74) is 0. The van der Waals surface area contributed by atoms with E-state index in [1.54, 1.807) is 12.5 Å². The molecule has 0 aliphatic carbocycles. The Bertz CT molecular complexity index is 949. The summed E-state index contributed by atoms with van der Waals surface area (Å²) in [5.74, 6) is 3.40. The fourth-order valence-corrected chi connectivity index (χ4v) is 4.33. The molecule has 3 aromatic heterocycles. The number of hydrogen-bond donors (Lipinski definition) is 0. The number of hydrogen-bond acceptors (Lipinski definition) is 7. The number of amides is 1. The smallest absolute Gasteiger partial charge is 0.233 e. The molecule has 9 heteroatoms. The summed E-state index contributed by atoms with van der Waals surface area (Å²) < 4.78 is 7.54. The molecule has 3 aromatic rings. The molecule has 0 spiro atoms. The molecule has 1 saturated heterocycles. The van der Waals surface area contributed by atoms with Crippen LogP contribution in [0, 0.1) is 0 Å². The maximum atomic E-state index is 12.8. The Morgan fingerprint density at radius 3 is 2.63 bits per heavy atom. The highest BCUT2D eigenvalue weighted by molar-refractivity contribution is 7.99. The highest BCUT2D eigenvalue weighted by atomic mass is 32.2. The topological polar surface area (TPSA) is 80.3 Å². The first-order valence-corrected chi connectivity index (χ1v) is 11.1. The second kappa shape index (κ2) is 9.34. The Hall–Kier alpha value is -2.81. The van der Waals surface area contributed by atoms with E-state index in [1.165, 1.54) is 11.8 Å². The van der Waals surface area contributed by atoms with Gasteiger partial charge < -0.3 is 14.2 Å². The number of nitrogens with zero attached hydrogens (tertiary/aromatic N) is 6. The summed E-state index contributed by atoms with van der Waals surface area (Å²) in [4.78, 5) is 21.3. The predicted octanol–water partition coefficient (Wildman–Crippen LogP) is 2.88. The van der Waals surface area contributed by atoms with Crippen molar-refractivity contribution in [1.29, 1.82) is 0 Å². The third-order valence-electron chi connectivity index (χ3n) is 5.09. The van der Waals surface area contributed by atoms with Crippen molar-refractivity contribution in [3.63, 3.8) is 0 Å². The van der Waals surface area contributed by atoms with Gasteiger partial charge in [-0.05, 0) is 24.3 Å². The van der Waals surface area contributed by atoms with Crippen molar-refractivity contribution in [3.05, 3.63) is 54.4 Å². The van der Waals surface area contributed by atoms with E-state index in [1.807, 2.05) is 39.8 Å². The quantitative estimate of drug-likeness (QED) is 0.538. The van der Waals surface area contributed by atoms with E-state index in [0.29, 0.717) is 25.4 Å². The van der Waals surface area contributed by atoms with Crippen molar-refractivity contribution in [2.75, 3.05) is 36.8 Å². The number of aromatic nitrogens is 4. The van der Waals surface area contributed by atoms with Gasteiger partial charge in [-0.2, -0.15) is 0 Å². The number of piperazine rings is 1. The molecule has 1 amide bonds. The number of rotatable bonds is 7. The van der Waals surface area contributed by atoms with Crippen LogP contribution >= 0.6 is 11.8 Å². The fraction of sp³-hybridized carbons (Fsp3) is 0.429. The van der Waals surface area contributed by atoms with Crippen molar-refractivity contribution in [3.8, 4) is 0 Å². The molecule has 0 bridgehead atoms. The van der Waals surface area contributed by atoms with Crippen LogP contribution in [0.5, 0.6) is 0 Å². The highest BCUT2D eigenvalue weighted by Gasteiger charge is 2.23. The first-order valence-electron chi connectivity index (χ1n) is 10.1. The normalized spacial score (nSPS) is 14.5. The lowest BCUT2D eigenvalue weighted by atomic mass is 10.2. The molecule has 0 unspecified atom stereocenters. The predicted molar refractivity (Wildman–Crippen MR) is 116 cm³/mol. The van der Waals surface area contributed by atoms with Gasteiger partial charge in [0.05, 0.1) is 18.6 Å². The summed E-state index contributed by atoms with van der Waals surface area (Å²) in [6, 6.07) is 9.71. The molecule has 158 valence electrons. The van der Waals surface area contributed by atoms with E-state index in [2.05, 4.69) is 33.9 Å². The monoisotopic (exact) mass is 426 g/mol. The molecule has 0 radical (unpaired) electrons. The van der Waals surface area contributed by atoms with E-state index >= 15 is 0 Å². The molecular weight excluding hydrogens is 400 g/mol. The van der Waals surface area contributed by atoms with Crippen LogP contribution < -0.4 is 4.90 Å². The average molecular weight is 427 g/mol. The Labute approximate surface area is 180 Å². The van der Waals surface area contributed by atoms with Gasteiger partial charge in [0, 0.05) is 38.3 Å². The van der Waals surface area contributed by atoms with Gasteiger partial charge in [0.2, 0.25) is 5.91 Å². The van der Waals surface area contributed by atoms with Crippen LogP contribution in [0.1, 0.15) is 31.4 Å². The van der Waals surface area contributed by atoms with Gasteiger partial charge in [0.15, 0.2) is 5.16 Å². The maximum Gasteiger partial charge on any atom is 0.233 e. The zero-order valence-corrected chi connectivity index (χ0v) is 18.1. The number of anilines is 1. The zero-order valence-electron chi connectivity index (χ0n) is 17.3. The largest absolute Gasteiger partial charge is 0.467 e. The van der Waals surface area contributed by atoms with Gasteiger partial charge in [0.25, 0.3) is 0 Å². The molecular formula is C21H26N6O2S. The van der Waals surface area contributed by atoms with Crippen molar-refractivity contribution in [2.45, 2.75) is 31.5 Å². The van der Waals surface area contributed by atoms with E-state index in [4.69, 9.17) is 4.42 Å². The molecule has 0 atom stereocenters. The number of carbonyl (C=O) groups is 1. The SMILES string of the molecule is CC(C)c1nnc(SCC(=O)N2CCN(c3ccccn3)CC2)n1Cc1ccco1. The lowest BCUT2D eigenvalue weighted by Gasteiger charge is -2.35. The second-order valence-corrected chi connectivity index (χ2v) is 8.45. The molecule has 1 aliphatic heterocycles. The van der Waals surface area contributed by atoms with Crippen LogP contribution in [0.15, 0.2) is 52.4 Å². The van der Waals surface area contributed by atoms with Gasteiger partial charge in [-0.25, -0.2) is 4.98 Å². The lowest BCUT2D eigenvalue weighted by molar-refractivity contribution is -0.128. The number of pyridine rings is 1. The van der Waals surface area contributed by atoms with Gasteiger partial charge in [-0.1, -0.05) is 31.7 Å². The minimum Gasteiger partial charge on any atom is -0.467 e. The van der Waals surface area contributed by atoms with Crippen molar-refractivity contribution in [1.82, 2.24) is 24.6 Å². The molecule has 8 nitrogen and oxygen atoms in total. The van der Waals surface area contributed by atoms with E-state index in [0.717, 1.165) is 35.6 Å². The van der Waals surface area contributed by atoms with E-state index in [-0.39, 0.29) is 11.8 Å². The van der Waals surface area contributed by atoms with Crippen LogP contribution in [0.3, 0.4) is 0 Å². The van der Waals surface area contributed by atoms with Gasteiger partial charge >= 0.3 is 0 Å². The second-order valence-electron chi connectivity index (χ2n) is 7.51. The molecule has 0 N–H and O–H groups in total. The first kappa shape index (κ1) is 20.5. The molecule has 0 saturated carbocycles. The number of carbonyl (C=O) groups excluding carboxylic acids is 1. The maximum absolute atomic E-state index is 12.8. The highest BCUT2D eigenvalue weighted by Crippen LogP contribution is 2.23. The summed E-state index contributed by atoms with van der Waals surface area (Å²) in [6.45, 7) is 7.72. The van der Waals surface area contributed by atoms with Crippen LogP contribution in [0.4, 0.5) is 5.82 Å². The summed E-state index contributed by atoms with van der Waals surface area (Å²) >= 11 is 1.44. The number of furan rings is 1. The summed E-state index contributed by atoms with van der Waals surface area (Å²) in [7, 11) is 0. The van der Waals surface area contributed by atoms with Crippen LogP contribution in [0.25, 0.3) is 0 Å². The summed E-state index contributed by atoms with van der Waals surface area (Å²) in [5, 5.41) is 9.42. The Morgan fingerprint density at radius 2 is 1.97 bits per heavy atom. The summed E-state index contributed by atoms with van der Waals surface area (Å²) in [6.07, 6.45) is 3.46. The fourth-order valence-electron chi connectivity index (χ4n) is 3.48. The third-order valence-corrected chi connectivity index (χ3v) is 6.04. The van der Waals surface area contributed by atoms with Crippen LogP contribution in [-0.2, 0) is 11.3 Å². The van der Waals surface area contributed by atoms with Crippen molar-refractivity contribution < 1.29 is 9.21 Å². The van der Waals surface area contributed by atoms with E-state index < -0.39 is 0 Å². The number of thioether (sulfide) groups is 1. The standard InChI is InChI=1S/C21H26N6O2S/c1-16(2)20-23-24-21(27(20)14-17-6-5-13-29-17)30-15-19(28)26-11-9-25(10-12-26)18-7-3-4-8-22-18/h3-8,13,16H,9-12,14-15H2,1-2H3. The Balaban J connectivity index is 1.35. The molecule has 0 aromatic carbocycles. The minimum atomic E-state index is 0.124. The van der Waals surface area contributed by atoms with Gasteiger partial charge in [0.1, 0.15) is 17.4 Å². The van der Waals surface area contributed by atoms with Crippen molar-refractivity contribution in [2.24, 2.45) is 0 Å². The Morgan fingerprint density at radius 1 is 1.13 bits per heavy atom. The van der Waals surface area contributed by atoms with E-state index in [9.17, 15) is 4.79 Å². The molecule has 1 aliphatic rings. The molecule has 30 heavy (non-hydrogen) atoms. The first-order chi connectivity index (χ1) is 14.6. The molecule has 4 rings (SSSR count). The zero-order chi connectivity index (χ0) is 20.9. The average Bonchev–Trinajstić information content (AvgIpc) is 3.43. The minimum absolute atomic E-state index is 0.124. The third kappa shape index (κ3) is 4.67. The molecule has 1 fully saturated rings.